The fraction of sp³-hybridized carbons (Fsp3) is 0.190. The normalized spacial score (nSPS) is 11.1. The van der Waals surface area contributed by atoms with E-state index in [-0.39, 0.29) is 0 Å². The van der Waals surface area contributed by atoms with Crippen LogP contribution in [0.4, 0.5) is 0 Å². The predicted molar refractivity (Wildman–Crippen MR) is 101 cm³/mol. The number of ether oxygens (including phenoxy) is 1. The molecule has 0 aliphatic rings. The molecule has 0 saturated carbocycles. The van der Waals surface area contributed by atoms with Crippen molar-refractivity contribution in [2.75, 3.05) is 14.1 Å². The van der Waals surface area contributed by atoms with Gasteiger partial charge in [-0.15, -0.1) is 0 Å². The quantitative estimate of drug-likeness (QED) is 0.506. The molecule has 122 valence electrons. The van der Waals surface area contributed by atoms with Crippen molar-refractivity contribution in [2.45, 2.75) is 13.5 Å². The number of fused-ring (bicyclic) bond motifs is 1. The SMILES string of the molecule is Cc1ccccc1COc1ccc2ccccc2c1/C=N/N(C)C. The van der Waals surface area contributed by atoms with Crippen LogP contribution in [0.5, 0.6) is 5.75 Å². The molecule has 0 aliphatic carbocycles. The van der Waals surface area contributed by atoms with Gasteiger partial charge in [0.1, 0.15) is 12.4 Å². The largest absolute Gasteiger partial charge is 0.488 e. The van der Waals surface area contributed by atoms with E-state index in [0.29, 0.717) is 6.61 Å². The van der Waals surface area contributed by atoms with Crippen LogP contribution in [0.25, 0.3) is 10.8 Å². The Morgan fingerprint density at radius 1 is 0.958 bits per heavy atom. The Morgan fingerprint density at radius 3 is 2.50 bits per heavy atom. The maximum atomic E-state index is 6.13. The molecule has 0 atom stereocenters. The molecular formula is C21H22N2O. The summed E-state index contributed by atoms with van der Waals surface area (Å²) in [6.07, 6.45) is 1.87. The maximum Gasteiger partial charge on any atom is 0.129 e. The third-order valence-electron chi connectivity index (χ3n) is 3.99. The molecular weight excluding hydrogens is 296 g/mol. The molecule has 3 aromatic carbocycles. The number of hydrogen-bond acceptors (Lipinski definition) is 3. The molecule has 3 nitrogen and oxygen atoms in total. The van der Waals surface area contributed by atoms with Gasteiger partial charge in [-0.3, -0.25) is 0 Å². The van der Waals surface area contributed by atoms with Gasteiger partial charge in [-0.25, -0.2) is 0 Å². The highest BCUT2D eigenvalue weighted by Crippen LogP contribution is 2.27. The predicted octanol–water partition coefficient (Wildman–Crippen LogP) is 4.62. The van der Waals surface area contributed by atoms with E-state index in [9.17, 15) is 0 Å². The van der Waals surface area contributed by atoms with E-state index in [0.717, 1.165) is 16.7 Å². The van der Waals surface area contributed by atoms with Gasteiger partial charge >= 0.3 is 0 Å². The fourth-order valence-electron chi connectivity index (χ4n) is 2.64. The number of nitrogens with zero attached hydrogens (tertiary/aromatic N) is 2. The van der Waals surface area contributed by atoms with E-state index < -0.39 is 0 Å². The standard InChI is InChI=1S/C21H22N2O/c1-16-8-4-5-10-18(16)15-24-21-13-12-17-9-6-7-11-19(17)20(21)14-22-23(2)3/h4-14H,15H2,1-3H3/b22-14+. The number of aryl methyl sites for hydroxylation is 1. The Bertz CT molecular complexity index is 869. The monoisotopic (exact) mass is 318 g/mol. The van der Waals surface area contributed by atoms with Crippen molar-refractivity contribution in [3.05, 3.63) is 77.4 Å². The molecule has 3 heteroatoms. The zero-order chi connectivity index (χ0) is 16.9. The molecule has 0 amide bonds. The summed E-state index contributed by atoms with van der Waals surface area (Å²) in [6, 6.07) is 20.7. The second kappa shape index (κ2) is 7.18. The highest BCUT2D eigenvalue weighted by Gasteiger charge is 2.08. The second-order valence-corrected chi connectivity index (χ2v) is 6.01. The summed E-state index contributed by atoms with van der Waals surface area (Å²) >= 11 is 0. The lowest BCUT2D eigenvalue weighted by atomic mass is 10.0. The zero-order valence-electron chi connectivity index (χ0n) is 14.4. The summed E-state index contributed by atoms with van der Waals surface area (Å²) in [4.78, 5) is 0. The minimum atomic E-state index is 0.549. The fourth-order valence-corrected chi connectivity index (χ4v) is 2.64. The summed E-state index contributed by atoms with van der Waals surface area (Å²) in [5.41, 5.74) is 3.44. The van der Waals surface area contributed by atoms with Crippen LogP contribution in [-0.4, -0.2) is 25.3 Å². The molecule has 0 spiro atoms. The van der Waals surface area contributed by atoms with Gasteiger partial charge in [-0.05, 0) is 34.9 Å². The highest BCUT2D eigenvalue weighted by molar-refractivity contribution is 6.02. The Balaban J connectivity index is 1.97. The van der Waals surface area contributed by atoms with Crippen LogP contribution >= 0.6 is 0 Å². The van der Waals surface area contributed by atoms with Crippen LogP contribution in [0, 0.1) is 6.92 Å². The van der Waals surface area contributed by atoms with Gasteiger partial charge in [0, 0.05) is 19.7 Å². The number of rotatable bonds is 5. The third-order valence-corrected chi connectivity index (χ3v) is 3.99. The van der Waals surface area contributed by atoms with Crippen molar-refractivity contribution >= 4 is 17.0 Å². The summed E-state index contributed by atoms with van der Waals surface area (Å²) < 4.78 is 6.13. The first-order valence-corrected chi connectivity index (χ1v) is 8.05. The topological polar surface area (TPSA) is 24.8 Å². The van der Waals surface area contributed by atoms with Crippen LogP contribution in [0.2, 0.25) is 0 Å². The van der Waals surface area contributed by atoms with Gasteiger partial charge in [-0.2, -0.15) is 5.10 Å². The third kappa shape index (κ3) is 3.57. The van der Waals surface area contributed by atoms with Crippen LogP contribution in [0.15, 0.2) is 65.8 Å². The van der Waals surface area contributed by atoms with Gasteiger partial charge < -0.3 is 9.75 Å². The maximum absolute atomic E-state index is 6.13. The van der Waals surface area contributed by atoms with Crippen LogP contribution in [0.3, 0.4) is 0 Å². The zero-order valence-corrected chi connectivity index (χ0v) is 14.4. The van der Waals surface area contributed by atoms with E-state index in [1.165, 1.54) is 16.5 Å². The van der Waals surface area contributed by atoms with Crippen LogP contribution < -0.4 is 4.74 Å². The van der Waals surface area contributed by atoms with Crippen molar-refractivity contribution in [1.29, 1.82) is 0 Å². The van der Waals surface area contributed by atoms with Crippen LogP contribution in [-0.2, 0) is 6.61 Å². The average Bonchev–Trinajstić information content (AvgIpc) is 2.59. The van der Waals surface area contributed by atoms with E-state index in [1.54, 1.807) is 5.01 Å². The first-order chi connectivity index (χ1) is 11.6. The van der Waals surface area contributed by atoms with Crippen molar-refractivity contribution in [3.63, 3.8) is 0 Å². The number of benzene rings is 3. The molecule has 0 bridgehead atoms. The molecule has 0 fully saturated rings. The molecule has 0 heterocycles. The van der Waals surface area contributed by atoms with Gasteiger partial charge in [0.25, 0.3) is 0 Å². The van der Waals surface area contributed by atoms with Crippen molar-refractivity contribution in [1.82, 2.24) is 5.01 Å². The van der Waals surface area contributed by atoms with E-state index in [2.05, 4.69) is 42.4 Å². The van der Waals surface area contributed by atoms with Gasteiger partial charge in [0.2, 0.25) is 0 Å². The Kier molecular flexibility index (Phi) is 4.80. The van der Waals surface area contributed by atoms with Gasteiger partial charge in [-0.1, -0.05) is 54.6 Å². The summed E-state index contributed by atoms with van der Waals surface area (Å²) in [5, 5.41) is 8.52. The molecule has 0 unspecified atom stereocenters. The molecule has 0 aromatic heterocycles. The summed E-state index contributed by atoms with van der Waals surface area (Å²) in [5.74, 6) is 0.850. The average molecular weight is 318 g/mol. The molecule has 24 heavy (non-hydrogen) atoms. The lowest BCUT2D eigenvalue weighted by Crippen LogP contribution is -2.04. The molecule has 3 rings (SSSR count). The Labute approximate surface area is 143 Å². The van der Waals surface area contributed by atoms with Crippen molar-refractivity contribution in [2.24, 2.45) is 5.10 Å². The Hall–Kier alpha value is -2.81. The first kappa shape index (κ1) is 16.1. The molecule has 0 radical (unpaired) electrons. The lowest BCUT2D eigenvalue weighted by Gasteiger charge is -2.13. The summed E-state index contributed by atoms with van der Waals surface area (Å²) in [6.45, 7) is 2.65. The first-order valence-electron chi connectivity index (χ1n) is 8.05. The minimum Gasteiger partial charge on any atom is -0.488 e. The molecule has 0 aliphatic heterocycles. The Morgan fingerprint density at radius 2 is 1.71 bits per heavy atom. The van der Waals surface area contributed by atoms with Crippen molar-refractivity contribution in [3.8, 4) is 5.75 Å². The number of hydrazone groups is 1. The van der Waals surface area contributed by atoms with Gasteiger partial charge in [0.15, 0.2) is 0 Å². The van der Waals surface area contributed by atoms with Crippen molar-refractivity contribution < 1.29 is 4.74 Å². The molecule has 0 N–H and O–H groups in total. The summed E-state index contributed by atoms with van der Waals surface area (Å²) in [7, 11) is 3.82. The molecule has 0 saturated heterocycles. The van der Waals surface area contributed by atoms with E-state index >= 15 is 0 Å². The van der Waals surface area contributed by atoms with E-state index in [1.807, 2.05) is 50.6 Å². The van der Waals surface area contributed by atoms with E-state index in [4.69, 9.17) is 4.74 Å². The number of hydrogen-bond donors (Lipinski definition) is 0. The minimum absolute atomic E-state index is 0.549. The van der Waals surface area contributed by atoms with Gasteiger partial charge in [0.05, 0.1) is 6.21 Å². The second-order valence-electron chi connectivity index (χ2n) is 6.01. The highest BCUT2D eigenvalue weighted by atomic mass is 16.5. The lowest BCUT2D eigenvalue weighted by molar-refractivity contribution is 0.305. The smallest absolute Gasteiger partial charge is 0.129 e. The molecule has 3 aromatic rings. The van der Waals surface area contributed by atoms with Crippen LogP contribution in [0.1, 0.15) is 16.7 Å².